The standard InChI is InChI=1S/C26H18ClF2N5O3S/c27-15-6-8-16(9-7-15)37-13-34-11-10-18(33-34)25(36)32-21-20-17(14-4-2-1-3-5-14)12-19(23(28)29)31-26(20)38-22(21)24(30)35/h1-12,23H,13H2,(H2,30,35)(H,32,36). The Kier molecular flexibility index (Phi) is 7.03. The summed E-state index contributed by atoms with van der Waals surface area (Å²) in [6, 6.07) is 18.3. The van der Waals surface area contributed by atoms with Crippen LogP contribution in [0.25, 0.3) is 21.3 Å². The molecule has 5 rings (SSSR count). The number of ether oxygens (including phenoxy) is 1. The van der Waals surface area contributed by atoms with Crippen molar-refractivity contribution in [2.75, 3.05) is 5.32 Å². The van der Waals surface area contributed by atoms with Crippen molar-refractivity contribution >= 4 is 50.7 Å². The molecule has 8 nitrogen and oxygen atoms in total. The fraction of sp³-hybridized carbons (Fsp3) is 0.0769. The number of hydrogen-bond acceptors (Lipinski definition) is 6. The lowest BCUT2D eigenvalue weighted by Gasteiger charge is -2.10. The average molecular weight is 554 g/mol. The summed E-state index contributed by atoms with van der Waals surface area (Å²) in [5.41, 5.74) is 6.25. The van der Waals surface area contributed by atoms with Gasteiger partial charge in [0.25, 0.3) is 18.2 Å². The molecule has 3 N–H and O–H groups in total. The SMILES string of the molecule is NC(=O)c1sc2nc(C(F)F)cc(-c3ccccc3)c2c1NC(=O)c1ccn(COc2ccc(Cl)cc2)n1. The van der Waals surface area contributed by atoms with E-state index in [1.54, 1.807) is 60.8 Å². The van der Waals surface area contributed by atoms with Crippen molar-refractivity contribution in [2.24, 2.45) is 5.73 Å². The molecule has 0 saturated carbocycles. The second-order valence-electron chi connectivity index (χ2n) is 8.03. The number of thiophene rings is 1. The van der Waals surface area contributed by atoms with Gasteiger partial charge in [0.05, 0.1) is 5.69 Å². The maximum atomic E-state index is 13.6. The van der Waals surface area contributed by atoms with Crippen LogP contribution in [0.1, 0.15) is 32.3 Å². The molecule has 2 aromatic carbocycles. The molecule has 12 heteroatoms. The third-order valence-electron chi connectivity index (χ3n) is 5.50. The lowest BCUT2D eigenvalue weighted by Crippen LogP contribution is -2.17. The van der Waals surface area contributed by atoms with E-state index >= 15 is 0 Å². The maximum Gasteiger partial charge on any atom is 0.280 e. The normalized spacial score (nSPS) is 11.2. The molecule has 5 aromatic rings. The Bertz CT molecular complexity index is 1640. The molecule has 0 radical (unpaired) electrons. The fourth-order valence-electron chi connectivity index (χ4n) is 3.77. The zero-order valence-corrected chi connectivity index (χ0v) is 21.0. The minimum absolute atomic E-state index is 0.0186. The summed E-state index contributed by atoms with van der Waals surface area (Å²) in [4.78, 5) is 29.6. The summed E-state index contributed by atoms with van der Waals surface area (Å²) in [7, 11) is 0. The number of benzene rings is 2. The lowest BCUT2D eigenvalue weighted by atomic mass is 10.0. The second-order valence-corrected chi connectivity index (χ2v) is 9.47. The zero-order chi connectivity index (χ0) is 26.8. The van der Waals surface area contributed by atoms with Gasteiger partial charge in [-0.1, -0.05) is 41.9 Å². The van der Waals surface area contributed by atoms with Crippen LogP contribution in [-0.4, -0.2) is 26.6 Å². The van der Waals surface area contributed by atoms with E-state index in [-0.39, 0.29) is 27.8 Å². The lowest BCUT2D eigenvalue weighted by molar-refractivity contribution is 0.100. The minimum atomic E-state index is -2.84. The Balaban J connectivity index is 1.49. The number of nitrogens with two attached hydrogens (primary N) is 1. The van der Waals surface area contributed by atoms with Crippen LogP contribution in [0.5, 0.6) is 5.75 Å². The van der Waals surface area contributed by atoms with E-state index in [4.69, 9.17) is 22.1 Å². The van der Waals surface area contributed by atoms with Gasteiger partial charge >= 0.3 is 0 Å². The number of primary amides is 1. The van der Waals surface area contributed by atoms with Crippen molar-refractivity contribution in [3.05, 3.63) is 94.2 Å². The molecule has 0 saturated heterocycles. The topological polar surface area (TPSA) is 112 Å². The van der Waals surface area contributed by atoms with Gasteiger partial charge in [-0.2, -0.15) is 5.10 Å². The van der Waals surface area contributed by atoms with Crippen LogP contribution in [0.15, 0.2) is 72.9 Å². The van der Waals surface area contributed by atoms with Crippen molar-refractivity contribution in [3.8, 4) is 16.9 Å². The fourth-order valence-corrected chi connectivity index (χ4v) is 4.91. The van der Waals surface area contributed by atoms with Gasteiger partial charge < -0.3 is 15.8 Å². The summed E-state index contributed by atoms with van der Waals surface area (Å²) in [5, 5.41) is 7.82. The highest BCUT2D eigenvalue weighted by Crippen LogP contribution is 2.42. The average Bonchev–Trinajstić information content (AvgIpc) is 3.53. The molecule has 0 aliphatic carbocycles. The number of pyridine rings is 1. The highest BCUT2D eigenvalue weighted by molar-refractivity contribution is 7.21. The van der Waals surface area contributed by atoms with Gasteiger partial charge in [-0.05, 0) is 47.5 Å². The molecule has 0 bridgehead atoms. The molecule has 3 heterocycles. The number of fused-ring (bicyclic) bond motifs is 1. The van der Waals surface area contributed by atoms with Crippen molar-refractivity contribution in [2.45, 2.75) is 13.2 Å². The molecular formula is C26H18ClF2N5O3S. The van der Waals surface area contributed by atoms with Crippen molar-refractivity contribution < 1.29 is 23.1 Å². The van der Waals surface area contributed by atoms with Crippen LogP contribution in [-0.2, 0) is 6.73 Å². The number of anilines is 1. The van der Waals surface area contributed by atoms with Gasteiger partial charge in [0.15, 0.2) is 12.4 Å². The molecule has 0 spiro atoms. The van der Waals surface area contributed by atoms with Crippen LogP contribution >= 0.6 is 22.9 Å². The zero-order valence-electron chi connectivity index (χ0n) is 19.4. The summed E-state index contributed by atoms with van der Waals surface area (Å²) in [5.74, 6) is -0.895. The first-order valence-corrected chi connectivity index (χ1v) is 12.3. The monoisotopic (exact) mass is 553 g/mol. The minimum Gasteiger partial charge on any atom is -0.471 e. The largest absolute Gasteiger partial charge is 0.471 e. The van der Waals surface area contributed by atoms with Crippen LogP contribution in [0.4, 0.5) is 14.5 Å². The maximum absolute atomic E-state index is 13.6. The summed E-state index contributed by atoms with van der Waals surface area (Å²) in [6.07, 6.45) is -1.28. The van der Waals surface area contributed by atoms with E-state index in [1.807, 2.05) is 0 Å². The van der Waals surface area contributed by atoms with Crippen LogP contribution in [0.2, 0.25) is 5.02 Å². The van der Waals surface area contributed by atoms with Gasteiger partial charge in [-0.3, -0.25) is 9.59 Å². The van der Waals surface area contributed by atoms with Crippen LogP contribution < -0.4 is 15.8 Å². The Labute approximate surface area is 223 Å². The Morgan fingerprint density at radius 2 is 1.84 bits per heavy atom. The second kappa shape index (κ2) is 10.6. The van der Waals surface area contributed by atoms with Crippen molar-refractivity contribution in [3.63, 3.8) is 0 Å². The number of rotatable bonds is 8. The molecule has 3 aromatic heterocycles. The third kappa shape index (κ3) is 5.20. The number of nitrogens with zero attached hydrogens (tertiary/aromatic N) is 3. The van der Waals surface area contributed by atoms with E-state index in [2.05, 4.69) is 15.4 Å². The van der Waals surface area contributed by atoms with E-state index in [0.717, 1.165) is 11.3 Å². The smallest absolute Gasteiger partial charge is 0.280 e. The van der Waals surface area contributed by atoms with Gasteiger partial charge in [0.1, 0.15) is 21.2 Å². The Morgan fingerprint density at radius 3 is 2.53 bits per heavy atom. The number of carbonyl (C=O) groups excluding carboxylic acids is 2. The molecule has 0 aliphatic heterocycles. The number of amides is 2. The number of carbonyl (C=O) groups is 2. The first-order valence-electron chi connectivity index (χ1n) is 11.1. The van der Waals surface area contributed by atoms with Crippen molar-refractivity contribution in [1.29, 1.82) is 0 Å². The predicted octanol–water partition coefficient (Wildman–Crippen LogP) is 6.14. The van der Waals surface area contributed by atoms with Gasteiger partial charge in [-0.15, -0.1) is 11.3 Å². The first kappa shape index (κ1) is 25.3. The summed E-state index contributed by atoms with van der Waals surface area (Å²) in [6.45, 7) is 0.0291. The molecule has 0 unspecified atom stereocenters. The number of halogens is 3. The number of hydrogen-bond donors (Lipinski definition) is 2. The van der Waals surface area contributed by atoms with E-state index in [1.165, 1.54) is 16.8 Å². The predicted molar refractivity (Wildman–Crippen MR) is 141 cm³/mol. The number of aromatic nitrogens is 3. The van der Waals surface area contributed by atoms with Crippen molar-refractivity contribution in [1.82, 2.24) is 14.8 Å². The highest BCUT2D eigenvalue weighted by Gasteiger charge is 2.25. The molecule has 38 heavy (non-hydrogen) atoms. The molecule has 0 fully saturated rings. The molecule has 2 amide bonds. The van der Waals surface area contributed by atoms with Crippen LogP contribution in [0.3, 0.4) is 0 Å². The molecule has 0 aliphatic rings. The van der Waals surface area contributed by atoms with E-state index in [9.17, 15) is 18.4 Å². The van der Waals surface area contributed by atoms with Gasteiger partial charge in [0.2, 0.25) is 0 Å². The molecule has 0 atom stereocenters. The Hall–Kier alpha value is -4.35. The third-order valence-corrected chi connectivity index (χ3v) is 6.85. The highest BCUT2D eigenvalue weighted by atomic mass is 35.5. The van der Waals surface area contributed by atoms with E-state index < -0.39 is 23.9 Å². The van der Waals surface area contributed by atoms with Gasteiger partial charge in [-0.25, -0.2) is 18.4 Å². The van der Waals surface area contributed by atoms with E-state index in [0.29, 0.717) is 27.3 Å². The molecular weight excluding hydrogens is 536 g/mol. The summed E-state index contributed by atoms with van der Waals surface area (Å²) < 4.78 is 34.3. The number of nitrogens with one attached hydrogen (secondary N) is 1. The van der Waals surface area contributed by atoms with Crippen LogP contribution in [0, 0.1) is 0 Å². The quantitative estimate of drug-likeness (QED) is 0.240. The summed E-state index contributed by atoms with van der Waals surface area (Å²) >= 11 is 6.71. The number of alkyl halides is 2. The Morgan fingerprint density at radius 1 is 1.11 bits per heavy atom. The molecule has 192 valence electrons. The van der Waals surface area contributed by atoms with Gasteiger partial charge in [0, 0.05) is 16.6 Å². The first-order chi connectivity index (χ1) is 18.3.